The van der Waals surface area contributed by atoms with Crippen LogP contribution >= 0.6 is 23.2 Å². The fourth-order valence-corrected chi connectivity index (χ4v) is 2.21. The summed E-state index contributed by atoms with van der Waals surface area (Å²) in [6.45, 7) is 5.31. The molecule has 0 aliphatic rings. The third kappa shape index (κ3) is 5.30. The van der Waals surface area contributed by atoms with E-state index < -0.39 is 11.7 Å². The summed E-state index contributed by atoms with van der Waals surface area (Å²) < 4.78 is 10.7. The van der Waals surface area contributed by atoms with E-state index in [1.165, 1.54) is 6.21 Å². The molecule has 7 heteroatoms. The van der Waals surface area contributed by atoms with E-state index in [-0.39, 0.29) is 0 Å². The van der Waals surface area contributed by atoms with Crippen molar-refractivity contribution in [2.75, 3.05) is 0 Å². The van der Waals surface area contributed by atoms with Crippen molar-refractivity contribution >= 4 is 35.5 Å². The lowest BCUT2D eigenvalue weighted by Gasteiger charge is -2.18. The largest absolute Gasteiger partial charge is 0.455 e. The molecule has 5 nitrogen and oxygen atoms in total. The zero-order valence-electron chi connectivity index (χ0n) is 12.9. The smallest absolute Gasteiger partial charge is 0.428 e. The molecule has 0 saturated carbocycles. The van der Waals surface area contributed by atoms with Gasteiger partial charge in [-0.3, -0.25) is 0 Å². The summed E-state index contributed by atoms with van der Waals surface area (Å²) in [7, 11) is 0. The number of hydrazone groups is 1. The number of nitrogens with one attached hydrogen (secondary N) is 1. The van der Waals surface area contributed by atoms with Crippen LogP contribution in [0, 0.1) is 0 Å². The SMILES string of the molecule is CC(C)(C)OC(=O)NN=Cc1ccc(-c2ccc(Cl)cc2Cl)o1. The van der Waals surface area contributed by atoms with Gasteiger partial charge >= 0.3 is 6.09 Å². The first kappa shape index (κ1) is 17.4. The lowest BCUT2D eigenvalue weighted by molar-refractivity contribution is 0.0529. The van der Waals surface area contributed by atoms with E-state index in [1.807, 2.05) is 0 Å². The molecule has 122 valence electrons. The van der Waals surface area contributed by atoms with E-state index >= 15 is 0 Å². The molecular formula is C16H16Cl2N2O3. The lowest BCUT2D eigenvalue weighted by atomic mass is 10.2. The Balaban J connectivity index is 2.02. The molecule has 1 aromatic carbocycles. The van der Waals surface area contributed by atoms with Gasteiger partial charge in [-0.25, -0.2) is 10.2 Å². The highest BCUT2D eigenvalue weighted by Crippen LogP contribution is 2.31. The van der Waals surface area contributed by atoms with Crippen molar-refractivity contribution in [1.82, 2.24) is 5.43 Å². The second kappa shape index (κ2) is 7.06. The van der Waals surface area contributed by atoms with Crippen LogP contribution in [-0.2, 0) is 4.74 Å². The minimum atomic E-state index is -0.638. The lowest BCUT2D eigenvalue weighted by Crippen LogP contribution is -2.29. The fourth-order valence-electron chi connectivity index (χ4n) is 1.71. The number of hydrogen-bond donors (Lipinski definition) is 1. The first-order valence-corrected chi connectivity index (χ1v) is 7.57. The predicted molar refractivity (Wildman–Crippen MR) is 91.1 cm³/mol. The van der Waals surface area contributed by atoms with Gasteiger partial charge in [0.1, 0.15) is 17.1 Å². The Morgan fingerprint density at radius 1 is 1.26 bits per heavy atom. The molecule has 2 rings (SSSR count). The number of halogens is 2. The number of amides is 1. The van der Waals surface area contributed by atoms with Crippen molar-refractivity contribution in [3.63, 3.8) is 0 Å². The molecule has 23 heavy (non-hydrogen) atoms. The Morgan fingerprint density at radius 2 is 2.00 bits per heavy atom. The maximum atomic E-state index is 11.4. The van der Waals surface area contributed by atoms with Gasteiger partial charge in [-0.15, -0.1) is 0 Å². The Labute approximate surface area is 144 Å². The third-order valence-corrected chi connectivity index (χ3v) is 3.12. The van der Waals surface area contributed by atoms with Crippen LogP contribution in [0.15, 0.2) is 39.9 Å². The van der Waals surface area contributed by atoms with Gasteiger partial charge in [-0.2, -0.15) is 5.10 Å². The second-order valence-electron chi connectivity index (χ2n) is 5.70. The summed E-state index contributed by atoms with van der Waals surface area (Å²) >= 11 is 12.0. The highest BCUT2D eigenvalue weighted by atomic mass is 35.5. The van der Waals surface area contributed by atoms with Crippen LogP contribution in [0.5, 0.6) is 0 Å². The average molecular weight is 355 g/mol. The van der Waals surface area contributed by atoms with Crippen molar-refractivity contribution in [2.24, 2.45) is 5.10 Å². The molecule has 0 spiro atoms. The number of carbonyl (C=O) groups excluding carboxylic acids is 1. The van der Waals surface area contributed by atoms with Crippen LogP contribution < -0.4 is 5.43 Å². The number of hydrogen-bond acceptors (Lipinski definition) is 4. The molecule has 1 aromatic heterocycles. The number of nitrogens with zero attached hydrogens (tertiary/aromatic N) is 1. The van der Waals surface area contributed by atoms with Gasteiger partial charge in [0.15, 0.2) is 0 Å². The van der Waals surface area contributed by atoms with Gasteiger partial charge in [0, 0.05) is 10.6 Å². The zero-order chi connectivity index (χ0) is 17.0. The molecule has 0 atom stereocenters. The van der Waals surface area contributed by atoms with Crippen molar-refractivity contribution in [3.8, 4) is 11.3 Å². The molecule has 1 amide bonds. The predicted octanol–water partition coefficient (Wildman–Crippen LogP) is 5.11. The zero-order valence-corrected chi connectivity index (χ0v) is 14.4. The van der Waals surface area contributed by atoms with Gasteiger partial charge in [0.2, 0.25) is 0 Å². The van der Waals surface area contributed by atoms with Crippen LogP contribution in [0.4, 0.5) is 4.79 Å². The molecule has 0 aliphatic carbocycles. The summed E-state index contributed by atoms with van der Waals surface area (Å²) in [5.41, 5.74) is 2.40. The molecule has 2 aromatic rings. The molecule has 0 saturated heterocycles. The minimum Gasteiger partial charge on any atom is -0.455 e. The van der Waals surface area contributed by atoms with Gasteiger partial charge in [-0.05, 0) is 51.1 Å². The van der Waals surface area contributed by atoms with E-state index in [0.29, 0.717) is 21.6 Å². The number of benzene rings is 1. The van der Waals surface area contributed by atoms with Gasteiger partial charge in [-0.1, -0.05) is 23.2 Å². The summed E-state index contributed by atoms with van der Waals surface area (Å²) in [6.07, 6.45) is 0.735. The normalized spacial score (nSPS) is 11.7. The van der Waals surface area contributed by atoms with Crippen LogP contribution in [0.1, 0.15) is 26.5 Å². The third-order valence-electron chi connectivity index (χ3n) is 2.57. The molecule has 0 aliphatic heterocycles. The average Bonchev–Trinajstić information content (AvgIpc) is 2.85. The van der Waals surface area contributed by atoms with E-state index in [0.717, 1.165) is 5.56 Å². The highest BCUT2D eigenvalue weighted by molar-refractivity contribution is 6.36. The molecule has 0 unspecified atom stereocenters. The van der Waals surface area contributed by atoms with Crippen molar-refractivity contribution in [2.45, 2.75) is 26.4 Å². The standard InChI is InChI=1S/C16H16Cl2N2O3/c1-16(2,3)23-15(21)20-19-9-11-5-7-14(22-11)12-6-4-10(17)8-13(12)18/h4-9H,1-3H3,(H,20,21). The first-order chi connectivity index (χ1) is 10.7. The monoisotopic (exact) mass is 354 g/mol. The van der Waals surface area contributed by atoms with Crippen LogP contribution in [0.2, 0.25) is 10.0 Å². The van der Waals surface area contributed by atoms with Crippen LogP contribution in [-0.4, -0.2) is 17.9 Å². The van der Waals surface area contributed by atoms with E-state index in [1.54, 1.807) is 51.1 Å². The van der Waals surface area contributed by atoms with Crippen molar-refractivity contribution in [1.29, 1.82) is 0 Å². The number of rotatable bonds is 3. The first-order valence-electron chi connectivity index (χ1n) is 6.82. The molecule has 1 N–H and O–H groups in total. The summed E-state index contributed by atoms with van der Waals surface area (Å²) in [5.74, 6) is 1.03. The maximum Gasteiger partial charge on any atom is 0.428 e. The van der Waals surface area contributed by atoms with Crippen LogP contribution in [0.25, 0.3) is 11.3 Å². The Bertz CT molecular complexity index is 733. The van der Waals surface area contributed by atoms with Gasteiger partial charge < -0.3 is 9.15 Å². The highest BCUT2D eigenvalue weighted by Gasteiger charge is 2.15. The summed E-state index contributed by atoms with van der Waals surface area (Å²) in [6, 6.07) is 8.59. The maximum absolute atomic E-state index is 11.4. The molecule has 0 fully saturated rings. The molecular weight excluding hydrogens is 339 g/mol. The Morgan fingerprint density at radius 3 is 2.65 bits per heavy atom. The second-order valence-corrected chi connectivity index (χ2v) is 6.54. The fraction of sp³-hybridized carbons (Fsp3) is 0.250. The molecule has 0 bridgehead atoms. The van der Waals surface area contributed by atoms with Crippen molar-refractivity contribution in [3.05, 3.63) is 46.1 Å². The van der Waals surface area contributed by atoms with Gasteiger partial charge in [0.05, 0.1) is 11.2 Å². The van der Waals surface area contributed by atoms with Crippen LogP contribution in [0.3, 0.4) is 0 Å². The number of carbonyl (C=O) groups is 1. The van der Waals surface area contributed by atoms with Gasteiger partial charge in [0.25, 0.3) is 0 Å². The molecule has 0 radical (unpaired) electrons. The van der Waals surface area contributed by atoms with E-state index in [2.05, 4.69) is 10.5 Å². The van der Waals surface area contributed by atoms with E-state index in [4.69, 9.17) is 32.4 Å². The number of ether oxygens (including phenoxy) is 1. The number of furan rings is 1. The topological polar surface area (TPSA) is 63.8 Å². The van der Waals surface area contributed by atoms with Crippen molar-refractivity contribution < 1.29 is 13.9 Å². The Hall–Kier alpha value is -1.98. The summed E-state index contributed by atoms with van der Waals surface area (Å²) in [4.78, 5) is 11.4. The Kier molecular flexibility index (Phi) is 5.34. The van der Waals surface area contributed by atoms with E-state index in [9.17, 15) is 4.79 Å². The minimum absolute atomic E-state index is 0.460. The molecule has 1 heterocycles. The quantitative estimate of drug-likeness (QED) is 0.615. The summed E-state index contributed by atoms with van der Waals surface area (Å²) in [5, 5.41) is 4.81.